The number of hydrogen-bond donors (Lipinski definition) is 1. The molecule has 31 heavy (non-hydrogen) atoms. The van der Waals surface area contributed by atoms with Crippen LogP contribution in [0.2, 0.25) is 10.0 Å². The van der Waals surface area contributed by atoms with Crippen molar-refractivity contribution in [1.82, 2.24) is 14.8 Å². The second-order valence-electron chi connectivity index (χ2n) is 7.08. The highest BCUT2D eigenvalue weighted by Crippen LogP contribution is 2.28. The van der Waals surface area contributed by atoms with Gasteiger partial charge in [-0.05, 0) is 57.5 Å². The Kier molecular flexibility index (Phi) is 7.86. The minimum absolute atomic E-state index is 0.160. The standard InChI is InChI=1S/C22H24Cl2N4O2S/c1-5-28-21(15(4)30-19-9-6-13(2)10-14(19)3)26-27-22(28)31-12-20(29)25-18-11-16(23)7-8-17(18)24/h6-11,15H,5,12H2,1-4H3,(H,25,29). The Morgan fingerprint density at radius 1 is 1.19 bits per heavy atom. The van der Waals surface area contributed by atoms with Gasteiger partial charge in [0.1, 0.15) is 5.75 Å². The molecule has 6 nitrogen and oxygen atoms in total. The van der Waals surface area contributed by atoms with Crippen molar-refractivity contribution in [3.8, 4) is 5.75 Å². The highest BCUT2D eigenvalue weighted by Gasteiger charge is 2.20. The topological polar surface area (TPSA) is 69.0 Å². The molecule has 0 bridgehead atoms. The van der Waals surface area contributed by atoms with Crippen LogP contribution in [0.15, 0.2) is 41.6 Å². The van der Waals surface area contributed by atoms with E-state index >= 15 is 0 Å². The number of halogens is 2. The number of amides is 1. The van der Waals surface area contributed by atoms with Gasteiger partial charge in [-0.15, -0.1) is 10.2 Å². The number of nitrogens with zero attached hydrogens (tertiary/aromatic N) is 3. The molecule has 0 aliphatic carbocycles. The first-order valence-corrected chi connectivity index (χ1v) is 11.6. The molecule has 0 saturated carbocycles. The van der Waals surface area contributed by atoms with Gasteiger partial charge in [0.25, 0.3) is 0 Å². The first kappa shape index (κ1) is 23.4. The quantitative estimate of drug-likeness (QED) is 0.396. The third-order valence-electron chi connectivity index (χ3n) is 4.59. The molecule has 1 heterocycles. The molecule has 1 aromatic heterocycles. The van der Waals surface area contributed by atoms with Crippen molar-refractivity contribution in [3.05, 3.63) is 63.4 Å². The summed E-state index contributed by atoms with van der Waals surface area (Å²) in [4.78, 5) is 12.4. The van der Waals surface area contributed by atoms with Gasteiger partial charge < -0.3 is 14.6 Å². The Morgan fingerprint density at radius 2 is 1.97 bits per heavy atom. The molecule has 3 rings (SSSR count). The van der Waals surface area contributed by atoms with Crippen LogP contribution in [-0.2, 0) is 11.3 Å². The Morgan fingerprint density at radius 3 is 2.68 bits per heavy atom. The number of thioether (sulfide) groups is 1. The fourth-order valence-corrected chi connectivity index (χ4v) is 4.24. The van der Waals surface area contributed by atoms with E-state index in [1.807, 2.05) is 44.4 Å². The number of aryl methyl sites for hydroxylation is 2. The Bertz CT molecular complexity index is 1090. The summed E-state index contributed by atoms with van der Waals surface area (Å²) in [6.07, 6.45) is -0.290. The van der Waals surface area contributed by atoms with E-state index in [-0.39, 0.29) is 17.8 Å². The van der Waals surface area contributed by atoms with Gasteiger partial charge in [0.15, 0.2) is 17.1 Å². The molecule has 0 radical (unpaired) electrons. The largest absolute Gasteiger partial charge is 0.482 e. The van der Waals surface area contributed by atoms with Gasteiger partial charge >= 0.3 is 0 Å². The molecule has 1 atom stereocenters. The van der Waals surface area contributed by atoms with Crippen LogP contribution in [0.3, 0.4) is 0 Å². The van der Waals surface area contributed by atoms with Crippen LogP contribution < -0.4 is 10.1 Å². The van der Waals surface area contributed by atoms with Crippen molar-refractivity contribution in [2.45, 2.75) is 45.5 Å². The van der Waals surface area contributed by atoms with Crippen molar-refractivity contribution in [3.63, 3.8) is 0 Å². The minimum atomic E-state index is -0.290. The molecule has 2 aromatic carbocycles. The fourth-order valence-electron chi connectivity index (χ4n) is 3.09. The molecule has 1 N–H and O–H groups in total. The summed E-state index contributed by atoms with van der Waals surface area (Å²) in [5, 5.41) is 12.9. The van der Waals surface area contributed by atoms with E-state index in [1.165, 1.54) is 17.3 Å². The number of ether oxygens (including phenoxy) is 1. The van der Waals surface area contributed by atoms with Gasteiger partial charge in [-0.25, -0.2) is 0 Å². The molecular weight excluding hydrogens is 455 g/mol. The first-order chi connectivity index (χ1) is 14.8. The Labute approximate surface area is 196 Å². The van der Waals surface area contributed by atoms with Crippen LogP contribution in [0.5, 0.6) is 5.75 Å². The van der Waals surface area contributed by atoms with E-state index < -0.39 is 0 Å². The summed E-state index contributed by atoms with van der Waals surface area (Å²) >= 11 is 13.4. The van der Waals surface area contributed by atoms with Crippen molar-refractivity contribution in [2.24, 2.45) is 0 Å². The monoisotopic (exact) mass is 478 g/mol. The van der Waals surface area contributed by atoms with Crippen molar-refractivity contribution in [1.29, 1.82) is 0 Å². The zero-order valence-corrected chi connectivity index (χ0v) is 20.1. The van der Waals surface area contributed by atoms with Crippen LogP contribution in [0.4, 0.5) is 5.69 Å². The van der Waals surface area contributed by atoms with Crippen LogP contribution in [0, 0.1) is 13.8 Å². The second kappa shape index (κ2) is 10.4. The summed E-state index contributed by atoms with van der Waals surface area (Å²) in [7, 11) is 0. The summed E-state index contributed by atoms with van der Waals surface area (Å²) in [6.45, 7) is 8.68. The minimum Gasteiger partial charge on any atom is -0.482 e. The maximum Gasteiger partial charge on any atom is 0.234 e. The number of benzene rings is 2. The molecule has 0 aliphatic heterocycles. The second-order valence-corrected chi connectivity index (χ2v) is 8.86. The number of carbonyl (C=O) groups excluding carboxylic acids is 1. The number of hydrogen-bond acceptors (Lipinski definition) is 5. The summed E-state index contributed by atoms with van der Waals surface area (Å²) in [5.74, 6) is 1.48. The Balaban J connectivity index is 1.66. The van der Waals surface area contributed by atoms with Gasteiger partial charge in [-0.3, -0.25) is 4.79 Å². The average molecular weight is 479 g/mol. The van der Waals surface area contributed by atoms with Gasteiger partial charge in [0.05, 0.1) is 16.5 Å². The molecule has 164 valence electrons. The first-order valence-electron chi connectivity index (χ1n) is 9.83. The van der Waals surface area contributed by atoms with Gasteiger partial charge in [0.2, 0.25) is 5.91 Å². The van der Waals surface area contributed by atoms with Crippen LogP contribution >= 0.6 is 35.0 Å². The van der Waals surface area contributed by atoms with E-state index in [1.54, 1.807) is 18.2 Å². The molecule has 1 unspecified atom stereocenters. The van der Waals surface area contributed by atoms with Crippen LogP contribution in [-0.4, -0.2) is 26.4 Å². The van der Waals surface area contributed by atoms with Gasteiger partial charge in [0, 0.05) is 11.6 Å². The highest BCUT2D eigenvalue weighted by molar-refractivity contribution is 7.99. The number of carbonyl (C=O) groups is 1. The zero-order chi connectivity index (χ0) is 22.5. The van der Waals surface area contributed by atoms with E-state index in [9.17, 15) is 4.79 Å². The normalized spacial score (nSPS) is 11.9. The third kappa shape index (κ3) is 5.93. The number of nitrogens with one attached hydrogen (secondary N) is 1. The molecule has 0 fully saturated rings. The lowest BCUT2D eigenvalue weighted by atomic mass is 10.1. The van der Waals surface area contributed by atoms with Crippen molar-refractivity contribution in [2.75, 3.05) is 11.1 Å². The third-order valence-corrected chi connectivity index (χ3v) is 6.13. The Hall–Kier alpha value is -2.22. The predicted octanol–water partition coefficient (Wildman–Crippen LogP) is 6.09. The predicted molar refractivity (Wildman–Crippen MR) is 126 cm³/mol. The lowest BCUT2D eigenvalue weighted by Gasteiger charge is -2.17. The lowest BCUT2D eigenvalue weighted by molar-refractivity contribution is -0.113. The van der Waals surface area contributed by atoms with Crippen LogP contribution in [0.1, 0.15) is 36.9 Å². The van der Waals surface area contributed by atoms with Crippen molar-refractivity contribution >= 4 is 46.6 Å². The smallest absolute Gasteiger partial charge is 0.234 e. The molecular formula is C22H24Cl2N4O2S. The summed E-state index contributed by atoms with van der Waals surface area (Å²) < 4.78 is 8.09. The molecule has 9 heteroatoms. The van der Waals surface area contributed by atoms with Gasteiger partial charge in [-0.2, -0.15) is 0 Å². The molecule has 1 amide bonds. The molecule has 0 aliphatic rings. The van der Waals surface area contributed by atoms with E-state index in [0.29, 0.717) is 33.3 Å². The van der Waals surface area contributed by atoms with Crippen molar-refractivity contribution < 1.29 is 9.53 Å². The molecule has 0 spiro atoms. The lowest BCUT2D eigenvalue weighted by Crippen LogP contribution is -2.15. The van der Waals surface area contributed by atoms with E-state index in [0.717, 1.165) is 11.3 Å². The number of aromatic nitrogens is 3. The highest BCUT2D eigenvalue weighted by atomic mass is 35.5. The van der Waals surface area contributed by atoms with Crippen LogP contribution in [0.25, 0.3) is 0 Å². The summed E-state index contributed by atoms with van der Waals surface area (Å²) in [5.41, 5.74) is 2.73. The molecule has 3 aromatic rings. The maximum absolute atomic E-state index is 12.4. The summed E-state index contributed by atoms with van der Waals surface area (Å²) in [6, 6.07) is 11.0. The van der Waals surface area contributed by atoms with E-state index in [4.69, 9.17) is 27.9 Å². The zero-order valence-electron chi connectivity index (χ0n) is 17.8. The number of rotatable bonds is 8. The van der Waals surface area contributed by atoms with E-state index in [2.05, 4.69) is 21.6 Å². The molecule has 0 saturated heterocycles. The number of anilines is 1. The van der Waals surface area contributed by atoms with Gasteiger partial charge in [-0.1, -0.05) is 52.7 Å². The maximum atomic E-state index is 12.4. The fraction of sp³-hybridized carbons (Fsp3) is 0.318. The average Bonchev–Trinajstić information content (AvgIpc) is 3.14. The SMILES string of the molecule is CCn1c(SCC(=O)Nc2cc(Cl)ccc2Cl)nnc1C(C)Oc1ccc(C)cc1C.